The highest BCUT2D eigenvalue weighted by Crippen LogP contribution is 2.47. The van der Waals surface area contributed by atoms with Crippen LogP contribution in [0.5, 0.6) is 0 Å². The van der Waals surface area contributed by atoms with E-state index in [9.17, 15) is 0 Å². The zero-order valence-corrected chi connectivity index (χ0v) is 10.8. The third kappa shape index (κ3) is 1.42. The topological polar surface area (TPSA) is 61.3 Å². The smallest absolute Gasteiger partial charge is 0.181 e. The van der Waals surface area contributed by atoms with Gasteiger partial charge in [0.15, 0.2) is 12.0 Å². The summed E-state index contributed by atoms with van der Waals surface area (Å²) in [7, 11) is 0. The van der Waals surface area contributed by atoms with Crippen molar-refractivity contribution in [1.29, 1.82) is 0 Å². The van der Waals surface area contributed by atoms with Crippen LogP contribution in [0.25, 0.3) is 11.1 Å². The largest absolute Gasteiger partial charge is 0.443 e. The Morgan fingerprint density at radius 2 is 2.17 bits per heavy atom. The Bertz CT molecular complexity index is 570. The first kappa shape index (κ1) is 11.7. The highest BCUT2D eigenvalue weighted by molar-refractivity contribution is 5.73. The molecule has 3 rings (SSSR count). The summed E-state index contributed by atoms with van der Waals surface area (Å²) in [6.45, 7) is 6.46. The normalized spacial score (nSPS) is 18.8. The van der Waals surface area contributed by atoms with Gasteiger partial charge in [-0.05, 0) is 29.7 Å². The van der Waals surface area contributed by atoms with Crippen molar-refractivity contribution >= 4 is 11.1 Å². The van der Waals surface area contributed by atoms with Gasteiger partial charge in [0, 0.05) is 5.41 Å². The lowest BCUT2D eigenvalue weighted by molar-refractivity contribution is -0.116. The van der Waals surface area contributed by atoms with Gasteiger partial charge in [-0.15, -0.1) is 0 Å². The maximum absolute atomic E-state index is 5.94. The molecule has 1 aliphatic heterocycles. The molecule has 0 atom stereocenters. The molecule has 4 nitrogen and oxygen atoms in total. The molecule has 2 heterocycles. The Labute approximate surface area is 106 Å². The van der Waals surface area contributed by atoms with Crippen molar-refractivity contribution in [3.05, 3.63) is 30.2 Å². The van der Waals surface area contributed by atoms with Gasteiger partial charge in [-0.2, -0.15) is 0 Å². The van der Waals surface area contributed by atoms with E-state index in [4.69, 9.17) is 14.9 Å². The van der Waals surface area contributed by atoms with E-state index in [2.05, 4.69) is 31.0 Å². The number of nitrogens with zero attached hydrogens (tertiary/aromatic N) is 1. The standard InChI is InChI=1S/C14H18N2O2/c1-13(2,6-15)14(7-17-8-14)10-3-4-11-12(5-10)18-9-16-11/h3-5,9H,6-8,15H2,1-2H3. The summed E-state index contributed by atoms with van der Waals surface area (Å²) in [4.78, 5) is 4.15. The first-order valence-electron chi connectivity index (χ1n) is 6.21. The molecule has 0 aliphatic carbocycles. The number of hydrogen-bond acceptors (Lipinski definition) is 4. The predicted octanol–water partition coefficient (Wildman–Crippen LogP) is 2.08. The Kier molecular flexibility index (Phi) is 2.47. The Morgan fingerprint density at radius 1 is 1.39 bits per heavy atom. The minimum atomic E-state index is -0.0112. The van der Waals surface area contributed by atoms with Crippen molar-refractivity contribution in [1.82, 2.24) is 4.98 Å². The fraction of sp³-hybridized carbons (Fsp3) is 0.500. The van der Waals surface area contributed by atoms with Crippen molar-refractivity contribution in [3.8, 4) is 0 Å². The third-order valence-electron chi connectivity index (χ3n) is 4.39. The molecule has 1 aliphatic rings. The van der Waals surface area contributed by atoms with Crippen molar-refractivity contribution in [2.24, 2.45) is 11.1 Å². The van der Waals surface area contributed by atoms with Crippen LogP contribution in [0.1, 0.15) is 19.4 Å². The molecule has 2 N–H and O–H groups in total. The lowest BCUT2D eigenvalue weighted by Gasteiger charge is -2.52. The number of rotatable bonds is 3. The molecule has 0 bridgehead atoms. The zero-order chi connectivity index (χ0) is 12.8. The molecule has 96 valence electrons. The van der Waals surface area contributed by atoms with E-state index in [1.54, 1.807) is 0 Å². The molecule has 0 saturated carbocycles. The lowest BCUT2D eigenvalue weighted by atomic mass is 9.60. The van der Waals surface area contributed by atoms with E-state index in [1.807, 2.05) is 6.07 Å². The van der Waals surface area contributed by atoms with Crippen molar-refractivity contribution in [2.45, 2.75) is 19.3 Å². The summed E-state index contributed by atoms with van der Waals surface area (Å²) in [5.74, 6) is 0. The van der Waals surface area contributed by atoms with Crippen LogP contribution in [-0.2, 0) is 10.2 Å². The maximum atomic E-state index is 5.94. The van der Waals surface area contributed by atoms with E-state index in [1.165, 1.54) is 12.0 Å². The highest BCUT2D eigenvalue weighted by atomic mass is 16.5. The van der Waals surface area contributed by atoms with Crippen LogP contribution in [0.15, 0.2) is 29.0 Å². The molecule has 0 amide bonds. The summed E-state index contributed by atoms with van der Waals surface area (Å²) in [6.07, 6.45) is 1.48. The molecule has 0 radical (unpaired) electrons. The molecule has 0 unspecified atom stereocenters. The molecule has 18 heavy (non-hydrogen) atoms. The SMILES string of the molecule is CC(C)(CN)C1(c2ccc3ncoc3c2)COC1. The van der Waals surface area contributed by atoms with Crippen LogP contribution in [0.4, 0.5) is 0 Å². The van der Waals surface area contributed by atoms with Gasteiger partial charge in [-0.3, -0.25) is 0 Å². The van der Waals surface area contributed by atoms with Crippen molar-refractivity contribution in [2.75, 3.05) is 19.8 Å². The fourth-order valence-electron chi connectivity index (χ4n) is 2.60. The second-order valence-electron chi connectivity index (χ2n) is 5.70. The molecular weight excluding hydrogens is 228 g/mol. The van der Waals surface area contributed by atoms with E-state index in [0.717, 1.165) is 24.3 Å². The molecule has 2 aromatic rings. The van der Waals surface area contributed by atoms with Crippen LogP contribution < -0.4 is 5.73 Å². The van der Waals surface area contributed by atoms with Gasteiger partial charge in [0.05, 0.1) is 13.2 Å². The number of nitrogens with two attached hydrogens (primary N) is 1. The van der Waals surface area contributed by atoms with Crippen LogP contribution in [0, 0.1) is 5.41 Å². The van der Waals surface area contributed by atoms with Gasteiger partial charge >= 0.3 is 0 Å². The third-order valence-corrected chi connectivity index (χ3v) is 4.39. The van der Waals surface area contributed by atoms with Crippen LogP contribution >= 0.6 is 0 Å². The van der Waals surface area contributed by atoms with E-state index in [-0.39, 0.29) is 10.8 Å². The number of aromatic nitrogens is 1. The van der Waals surface area contributed by atoms with Gasteiger partial charge in [-0.1, -0.05) is 19.9 Å². The molecule has 1 saturated heterocycles. The summed E-state index contributed by atoms with van der Waals surface area (Å²) in [5, 5.41) is 0. The van der Waals surface area contributed by atoms with Gasteiger partial charge in [0.25, 0.3) is 0 Å². The Hall–Kier alpha value is -1.39. The predicted molar refractivity (Wildman–Crippen MR) is 69.3 cm³/mol. The number of fused-ring (bicyclic) bond motifs is 1. The summed E-state index contributed by atoms with van der Waals surface area (Å²) >= 11 is 0. The second kappa shape index (κ2) is 3.80. The van der Waals surface area contributed by atoms with Crippen LogP contribution in [-0.4, -0.2) is 24.7 Å². The molecule has 4 heteroatoms. The summed E-state index contributed by atoms with van der Waals surface area (Å²) in [6, 6.07) is 6.19. The van der Waals surface area contributed by atoms with Crippen LogP contribution in [0.2, 0.25) is 0 Å². The van der Waals surface area contributed by atoms with Gasteiger partial charge in [0.2, 0.25) is 0 Å². The average Bonchev–Trinajstić information content (AvgIpc) is 2.74. The van der Waals surface area contributed by atoms with Crippen molar-refractivity contribution < 1.29 is 9.15 Å². The quantitative estimate of drug-likeness (QED) is 0.900. The number of oxazole rings is 1. The Balaban J connectivity index is 2.11. The van der Waals surface area contributed by atoms with E-state index < -0.39 is 0 Å². The minimum Gasteiger partial charge on any atom is -0.443 e. The zero-order valence-electron chi connectivity index (χ0n) is 10.8. The summed E-state index contributed by atoms with van der Waals surface area (Å²) < 4.78 is 10.9. The molecular formula is C14H18N2O2. The lowest BCUT2D eigenvalue weighted by Crippen LogP contribution is -2.59. The first-order valence-corrected chi connectivity index (χ1v) is 6.21. The summed E-state index contributed by atoms with van der Waals surface area (Å²) in [5.41, 5.74) is 8.87. The van der Waals surface area contributed by atoms with Crippen molar-refractivity contribution in [3.63, 3.8) is 0 Å². The number of benzene rings is 1. The number of hydrogen-bond donors (Lipinski definition) is 1. The molecule has 0 spiro atoms. The Morgan fingerprint density at radius 3 is 2.78 bits per heavy atom. The van der Waals surface area contributed by atoms with Gasteiger partial charge in [-0.25, -0.2) is 4.98 Å². The average molecular weight is 246 g/mol. The molecule has 1 aromatic heterocycles. The molecule has 1 aromatic carbocycles. The number of ether oxygens (including phenoxy) is 1. The monoisotopic (exact) mass is 246 g/mol. The molecule has 1 fully saturated rings. The fourth-order valence-corrected chi connectivity index (χ4v) is 2.60. The first-order chi connectivity index (χ1) is 8.59. The van der Waals surface area contributed by atoms with E-state index in [0.29, 0.717) is 6.54 Å². The highest BCUT2D eigenvalue weighted by Gasteiger charge is 2.51. The van der Waals surface area contributed by atoms with Gasteiger partial charge < -0.3 is 14.9 Å². The maximum Gasteiger partial charge on any atom is 0.181 e. The van der Waals surface area contributed by atoms with Crippen LogP contribution in [0.3, 0.4) is 0 Å². The van der Waals surface area contributed by atoms with Gasteiger partial charge in [0.1, 0.15) is 5.52 Å². The minimum absolute atomic E-state index is 0.00104. The second-order valence-corrected chi connectivity index (χ2v) is 5.70. The van der Waals surface area contributed by atoms with E-state index >= 15 is 0 Å².